The summed E-state index contributed by atoms with van der Waals surface area (Å²) in [5.74, 6) is -0.403. The molecule has 3 aromatic rings. The van der Waals surface area contributed by atoms with E-state index in [9.17, 15) is 9.59 Å². The van der Waals surface area contributed by atoms with E-state index in [1.807, 2.05) is 24.3 Å². The van der Waals surface area contributed by atoms with Crippen molar-refractivity contribution in [1.82, 2.24) is 5.43 Å². The second kappa shape index (κ2) is 14.0. The van der Waals surface area contributed by atoms with Crippen LogP contribution in [0.2, 0.25) is 0 Å². The number of nitrogens with zero attached hydrogens (tertiary/aromatic N) is 1. The molecule has 0 bridgehead atoms. The van der Waals surface area contributed by atoms with Crippen LogP contribution in [-0.4, -0.2) is 32.2 Å². The molecule has 2 N–H and O–H groups in total. The lowest BCUT2D eigenvalue weighted by molar-refractivity contribution is -0.134. The molecule has 0 heterocycles. The highest BCUT2D eigenvalue weighted by molar-refractivity contribution is 9.10. The third-order valence-corrected chi connectivity index (χ3v) is 6.64. The third-order valence-electron chi connectivity index (χ3n) is 5.53. The molecule has 2 amide bonds. The van der Waals surface area contributed by atoms with Gasteiger partial charge in [0.15, 0.2) is 11.5 Å². The molecule has 0 aliphatic heterocycles. The normalized spacial score (nSPS) is 11.8. The number of hydrazone groups is 1. The van der Waals surface area contributed by atoms with Crippen LogP contribution in [0.25, 0.3) is 0 Å². The number of halogens is 2. The van der Waals surface area contributed by atoms with Crippen molar-refractivity contribution in [2.24, 2.45) is 16.9 Å². The molecule has 200 valence electrons. The maximum Gasteiger partial charge on any atom is 0.252 e. The van der Waals surface area contributed by atoms with E-state index in [4.69, 9.17) is 14.2 Å². The van der Waals surface area contributed by atoms with Crippen molar-refractivity contribution in [2.75, 3.05) is 19.5 Å². The zero-order valence-electron chi connectivity index (χ0n) is 21.5. The number of hydrogen-bond acceptors (Lipinski definition) is 6. The van der Waals surface area contributed by atoms with E-state index >= 15 is 0 Å². The van der Waals surface area contributed by atoms with Gasteiger partial charge < -0.3 is 19.5 Å². The Morgan fingerprint density at radius 2 is 1.63 bits per heavy atom. The smallest absolute Gasteiger partial charge is 0.252 e. The van der Waals surface area contributed by atoms with Crippen molar-refractivity contribution < 1.29 is 23.8 Å². The summed E-state index contributed by atoms with van der Waals surface area (Å²) in [6.07, 6.45) is 1.47. The van der Waals surface area contributed by atoms with Crippen LogP contribution < -0.4 is 25.0 Å². The Morgan fingerprint density at radius 1 is 0.947 bits per heavy atom. The van der Waals surface area contributed by atoms with E-state index in [0.29, 0.717) is 39.6 Å². The van der Waals surface area contributed by atoms with Gasteiger partial charge >= 0.3 is 0 Å². The number of rotatable bonds is 11. The first-order valence-corrected chi connectivity index (χ1v) is 13.3. The summed E-state index contributed by atoms with van der Waals surface area (Å²) in [5, 5.41) is 6.83. The van der Waals surface area contributed by atoms with Crippen LogP contribution in [0.5, 0.6) is 17.2 Å². The summed E-state index contributed by atoms with van der Waals surface area (Å²) in [6, 6.07) is 18.3. The molecule has 0 saturated carbocycles. The van der Waals surface area contributed by atoms with Crippen molar-refractivity contribution in [1.29, 1.82) is 0 Å². The van der Waals surface area contributed by atoms with E-state index in [1.165, 1.54) is 6.21 Å². The predicted molar refractivity (Wildman–Crippen MR) is 155 cm³/mol. The minimum atomic E-state index is -0.940. The van der Waals surface area contributed by atoms with E-state index in [2.05, 4.69) is 47.7 Å². The summed E-state index contributed by atoms with van der Waals surface area (Å²) in [5.41, 5.74) is 4.71. The van der Waals surface area contributed by atoms with E-state index in [0.717, 1.165) is 10.0 Å². The van der Waals surface area contributed by atoms with Crippen LogP contribution in [0.4, 0.5) is 5.69 Å². The molecule has 0 spiro atoms. The number of methoxy groups -OCH3 is 2. The summed E-state index contributed by atoms with van der Waals surface area (Å²) in [6.45, 7) is 3.97. The number of benzene rings is 3. The Hall–Kier alpha value is -3.37. The number of carbonyl (C=O) groups excluding carboxylic acids is 2. The first-order valence-electron chi connectivity index (χ1n) is 11.7. The highest BCUT2D eigenvalue weighted by atomic mass is 79.9. The lowest BCUT2D eigenvalue weighted by Crippen LogP contribution is -2.39. The molecule has 0 radical (unpaired) electrons. The summed E-state index contributed by atoms with van der Waals surface area (Å²) in [4.78, 5) is 25.7. The Kier molecular flexibility index (Phi) is 10.7. The molecular weight excluding hydrogens is 618 g/mol. The van der Waals surface area contributed by atoms with E-state index in [-0.39, 0.29) is 5.92 Å². The number of anilines is 1. The van der Waals surface area contributed by atoms with Gasteiger partial charge in [-0.2, -0.15) is 5.10 Å². The average molecular weight is 647 g/mol. The third kappa shape index (κ3) is 8.06. The summed E-state index contributed by atoms with van der Waals surface area (Å²) in [7, 11) is 3.11. The SMILES string of the molecule is COc1ccc(NC(=O)C(C(=O)NN=Cc2cc(Br)c(OCc3ccc(Br)cc3)c(OC)c2)C(C)C)cc1. The fraction of sp³-hybridized carbons (Fsp3) is 0.250. The highest BCUT2D eigenvalue weighted by Crippen LogP contribution is 2.37. The van der Waals surface area contributed by atoms with Gasteiger partial charge in [-0.25, -0.2) is 5.43 Å². The average Bonchev–Trinajstić information content (AvgIpc) is 2.89. The first kappa shape index (κ1) is 29.2. The minimum Gasteiger partial charge on any atom is -0.497 e. The molecule has 0 aliphatic carbocycles. The van der Waals surface area contributed by atoms with Gasteiger partial charge in [0.05, 0.1) is 24.9 Å². The molecule has 0 aliphatic rings. The maximum atomic E-state index is 12.8. The van der Waals surface area contributed by atoms with Gasteiger partial charge in [-0.15, -0.1) is 0 Å². The van der Waals surface area contributed by atoms with Gasteiger partial charge in [0, 0.05) is 10.2 Å². The monoisotopic (exact) mass is 645 g/mol. The fourth-order valence-corrected chi connectivity index (χ4v) is 4.39. The minimum absolute atomic E-state index is 0.250. The molecule has 0 saturated heterocycles. The lowest BCUT2D eigenvalue weighted by atomic mass is 9.94. The molecule has 3 rings (SSSR count). The van der Waals surface area contributed by atoms with Gasteiger partial charge in [0.2, 0.25) is 5.91 Å². The van der Waals surface area contributed by atoms with Gasteiger partial charge in [-0.3, -0.25) is 9.59 Å². The van der Waals surface area contributed by atoms with Crippen molar-refractivity contribution in [3.05, 3.63) is 80.7 Å². The fourth-order valence-electron chi connectivity index (χ4n) is 3.55. The largest absolute Gasteiger partial charge is 0.497 e. The number of nitrogens with one attached hydrogen (secondary N) is 2. The van der Waals surface area contributed by atoms with E-state index < -0.39 is 17.7 Å². The van der Waals surface area contributed by atoms with Crippen molar-refractivity contribution in [3.63, 3.8) is 0 Å². The number of ether oxygens (including phenoxy) is 3. The number of carbonyl (C=O) groups is 2. The zero-order chi connectivity index (χ0) is 27.7. The number of amides is 2. The second-order valence-corrected chi connectivity index (χ2v) is 10.4. The molecule has 0 aromatic heterocycles. The topological polar surface area (TPSA) is 98.2 Å². The van der Waals surface area contributed by atoms with Crippen molar-refractivity contribution >= 4 is 55.6 Å². The van der Waals surface area contributed by atoms with E-state index in [1.54, 1.807) is 64.5 Å². The second-order valence-electron chi connectivity index (χ2n) is 8.62. The zero-order valence-corrected chi connectivity index (χ0v) is 24.6. The van der Waals surface area contributed by atoms with Crippen molar-refractivity contribution in [2.45, 2.75) is 20.5 Å². The molecule has 3 aromatic carbocycles. The molecule has 1 atom stereocenters. The van der Waals surface area contributed by atoms with Crippen molar-refractivity contribution in [3.8, 4) is 17.2 Å². The Bertz CT molecular complexity index is 1280. The van der Waals surface area contributed by atoms with Crippen LogP contribution in [0, 0.1) is 11.8 Å². The summed E-state index contributed by atoms with van der Waals surface area (Å²) >= 11 is 6.95. The van der Waals surface area contributed by atoms with Gasteiger partial charge in [-0.05, 0) is 81.5 Å². The first-order chi connectivity index (χ1) is 18.2. The van der Waals surface area contributed by atoms with Gasteiger partial charge in [0.1, 0.15) is 18.3 Å². The highest BCUT2D eigenvalue weighted by Gasteiger charge is 2.30. The van der Waals surface area contributed by atoms with Gasteiger partial charge in [0.25, 0.3) is 5.91 Å². The molecule has 10 heteroatoms. The van der Waals surface area contributed by atoms with Gasteiger partial charge in [-0.1, -0.05) is 41.9 Å². The lowest BCUT2D eigenvalue weighted by Gasteiger charge is -2.18. The van der Waals surface area contributed by atoms with Crippen LogP contribution in [0.1, 0.15) is 25.0 Å². The Morgan fingerprint density at radius 3 is 2.24 bits per heavy atom. The molecule has 1 unspecified atom stereocenters. The molecule has 0 fully saturated rings. The Labute approximate surface area is 239 Å². The predicted octanol–water partition coefficient (Wildman–Crippen LogP) is 6.17. The number of hydrogen-bond donors (Lipinski definition) is 2. The van der Waals surface area contributed by atoms with Crippen LogP contribution in [0.3, 0.4) is 0 Å². The van der Waals surface area contributed by atoms with Crippen LogP contribution >= 0.6 is 31.9 Å². The van der Waals surface area contributed by atoms with Crippen LogP contribution in [0.15, 0.2) is 74.7 Å². The Balaban J connectivity index is 1.65. The molecular formula is C28H29Br2N3O5. The quantitative estimate of drug-likeness (QED) is 0.148. The molecule has 8 nitrogen and oxygen atoms in total. The molecule has 38 heavy (non-hydrogen) atoms. The maximum absolute atomic E-state index is 12.8. The standard InChI is InChI=1S/C28H29Br2N3O5/c1-17(2)25(27(34)32-21-9-11-22(36-3)12-10-21)28(35)33-31-15-19-13-23(30)26(24(14-19)37-4)38-16-18-5-7-20(29)8-6-18/h5-15,17,25H,16H2,1-4H3,(H,32,34)(H,33,35). The summed E-state index contributed by atoms with van der Waals surface area (Å²) < 4.78 is 18.3. The van der Waals surface area contributed by atoms with Crippen LogP contribution in [-0.2, 0) is 16.2 Å².